The van der Waals surface area contributed by atoms with Crippen LogP contribution in [0.3, 0.4) is 0 Å². The van der Waals surface area contributed by atoms with E-state index in [1.165, 1.54) is 12.1 Å². The number of benzene rings is 1. The Labute approximate surface area is 114 Å². The monoisotopic (exact) mass is 281 g/mol. The van der Waals surface area contributed by atoms with Crippen LogP contribution in [-0.4, -0.2) is 9.91 Å². The third-order valence-electron chi connectivity index (χ3n) is 2.50. The van der Waals surface area contributed by atoms with Gasteiger partial charge in [0.2, 0.25) is 5.89 Å². The van der Waals surface area contributed by atoms with Crippen LogP contribution in [0.5, 0.6) is 0 Å². The fraction of sp³-hybridized carbons (Fsp3) is 0.250. The first-order chi connectivity index (χ1) is 9.06. The zero-order valence-electron chi connectivity index (χ0n) is 10.2. The van der Waals surface area contributed by atoms with Crippen LogP contribution >= 0.6 is 11.6 Å². The van der Waals surface area contributed by atoms with Gasteiger partial charge < -0.3 is 9.73 Å². The van der Waals surface area contributed by atoms with E-state index in [9.17, 15) is 10.1 Å². The largest absolute Gasteiger partial charge is 0.445 e. The summed E-state index contributed by atoms with van der Waals surface area (Å²) >= 11 is 5.84. The van der Waals surface area contributed by atoms with E-state index in [0.717, 1.165) is 5.76 Å². The molecule has 100 valence electrons. The number of rotatable bonds is 5. The van der Waals surface area contributed by atoms with Crippen LogP contribution < -0.4 is 5.32 Å². The normalized spacial score (nSPS) is 10.6. The van der Waals surface area contributed by atoms with Crippen molar-refractivity contribution in [3.63, 3.8) is 0 Å². The molecule has 0 aliphatic rings. The van der Waals surface area contributed by atoms with Crippen molar-refractivity contribution in [3.8, 4) is 0 Å². The van der Waals surface area contributed by atoms with Crippen molar-refractivity contribution in [3.05, 3.63) is 56.7 Å². The molecule has 1 aromatic carbocycles. The van der Waals surface area contributed by atoms with Gasteiger partial charge in [0.25, 0.3) is 5.69 Å². The lowest BCUT2D eigenvalue weighted by Gasteiger charge is -2.04. The summed E-state index contributed by atoms with van der Waals surface area (Å²) in [6.07, 6.45) is 1.62. The molecule has 1 heterocycles. The number of hydrogen-bond acceptors (Lipinski definition) is 5. The molecule has 0 radical (unpaired) electrons. The number of aryl methyl sites for hydroxylation is 1. The van der Waals surface area contributed by atoms with Gasteiger partial charge >= 0.3 is 0 Å². The van der Waals surface area contributed by atoms with Gasteiger partial charge in [0, 0.05) is 23.2 Å². The van der Waals surface area contributed by atoms with Gasteiger partial charge in [-0.05, 0) is 19.1 Å². The highest BCUT2D eigenvalue weighted by Crippen LogP contribution is 2.22. The van der Waals surface area contributed by atoms with Gasteiger partial charge in [0.05, 0.1) is 17.7 Å². The maximum atomic E-state index is 10.9. The second-order valence-electron chi connectivity index (χ2n) is 4.00. The quantitative estimate of drug-likeness (QED) is 0.673. The third-order valence-corrected chi connectivity index (χ3v) is 2.73. The Morgan fingerprint density at radius 1 is 1.47 bits per heavy atom. The first kappa shape index (κ1) is 13.5. The lowest BCUT2D eigenvalue weighted by atomic mass is 10.2. The Morgan fingerprint density at radius 2 is 2.26 bits per heavy atom. The average molecular weight is 282 g/mol. The SMILES string of the molecule is Cc1cnc(CNCc2cc(Cl)ccc2[N+](=O)[O-])o1. The molecule has 0 saturated heterocycles. The third kappa shape index (κ3) is 3.52. The number of nitrogens with one attached hydrogen (secondary N) is 1. The standard InChI is InChI=1S/C12H12ClN3O3/c1-8-5-15-12(19-8)7-14-6-9-4-10(13)2-3-11(9)16(17)18/h2-5,14H,6-7H2,1H3. The summed E-state index contributed by atoms with van der Waals surface area (Å²) in [7, 11) is 0. The number of nitro benzene ring substituents is 1. The number of nitrogens with zero attached hydrogens (tertiary/aromatic N) is 2. The number of nitro groups is 1. The van der Waals surface area contributed by atoms with E-state index in [0.29, 0.717) is 29.6 Å². The molecule has 0 aliphatic heterocycles. The lowest BCUT2D eigenvalue weighted by Crippen LogP contribution is -2.14. The second kappa shape index (κ2) is 5.81. The maximum Gasteiger partial charge on any atom is 0.273 e. The minimum atomic E-state index is -0.428. The van der Waals surface area contributed by atoms with Gasteiger partial charge in [-0.25, -0.2) is 4.98 Å². The van der Waals surface area contributed by atoms with Crippen LogP contribution in [0.25, 0.3) is 0 Å². The smallest absolute Gasteiger partial charge is 0.273 e. The van der Waals surface area contributed by atoms with Crippen LogP contribution in [-0.2, 0) is 13.1 Å². The maximum absolute atomic E-state index is 10.9. The van der Waals surface area contributed by atoms with Crippen molar-refractivity contribution < 1.29 is 9.34 Å². The predicted octanol–water partition coefficient (Wildman–Crippen LogP) is 2.83. The molecule has 0 atom stereocenters. The van der Waals surface area contributed by atoms with E-state index >= 15 is 0 Å². The molecular formula is C12H12ClN3O3. The van der Waals surface area contributed by atoms with E-state index in [-0.39, 0.29) is 5.69 Å². The van der Waals surface area contributed by atoms with Crippen LogP contribution in [0, 0.1) is 17.0 Å². The molecule has 1 aromatic heterocycles. The van der Waals surface area contributed by atoms with E-state index in [1.807, 2.05) is 0 Å². The lowest BCUT2D eigenvalue weighted by molar-refractivity contribution is -0.385. The summed E-state index contributed by atoms with van der Waals surface area (Å²) in [5.41, 5.74) is 0.571. The Balaban J connectivity index is 2.02. The van der Waals surface area contributed by atoms with Crippen molar-refractivity contribution in [1.29, 1.82) is 0 Å². The summed E-state index contributed by atoms with van der Waals surface area (Å²) in [5, 5.41) is 14.4. The molecule has 6 nitrogen and oxygen atoms in total. The summed E-state index contributed by atoms with van der Waals surface area (Å²) in [4.78, 5) is 14.5. The Hall–Kier alpha value is -1.92. The van der Waals surface area contributed by atoms with Crippen LogP contribution in [0.4, 0.5) is 5.69 Å². The van der Waals surface area contributed by atoms with Gasteiger partial charge in [0.1, 0.15) is 5.76 Å². The fourth-order valence-electron chi connectivity index (χ4n) is 1.66. The van der Waals surface area contributed by atoms with Crippen molar-refractivity contribution >= 4 is 17.3 Å². The molecule has 0 bridgehead atoms. The van der Waals surface area contributed by atoms with Crippen molar-refractivity contribution in [1.82, 2.24) is 10.3 Å². The first-order valence-electron chi connectivity index (χ1n) is 5.61. The molecule has 0 saturated carbocycles. The first-order valence-corrected chi connectivity index (χ1v) is 5.99. The molecule has 0 spiro atoms. The molecule has 7 heteroatoms. The molecule has 0 unspecified atom stereocenters. The fourth-order valence-corrected chi connectivity index (χ4v) is 1.86. The van der Waals surface area contributed by atoms with Gasteiger partial charge in [-0.1, -0.05) is 11.6 Å². The number of oxazole rings is 1. The van der Waals surface area contributed by atoms with Crippen molar-refractivity contribution in [2.45, 2.75) is 20.0 Å². The van der Waals surface area contributed by atoms with E-state index in [4.69, 9.17) is 16.0 Å². The second-order valence-corrected chi connectivity index (χ2v) is 4.43. The van der Waals surface area contributed by atoms with Gasteiger partial charge in [-0.3, -0.25) is 10.1 Å². The van der Waals surface area contributed by atoms with Crippen LogP contribution in [0.1, 0.15) is 17.2 Å². The molecule has 1 N–H and O–H groups in total. The zero-order chi connectivity index (χ0) is 13.8. The molecule has 0 aliphatic carbocycles. The van der Waals surface area contributed by atoms with Crippen molar-refractivity contribution in [2.24, 2.45) is 0 Å². The summed E-state index contributed by atoms with van der Waals surface area (Å²) in [6.45, 7) is 2.52. The highest BCUT2D eigenvalue weighted by Gasteiger charge is 2.13. The summed E-state index contributed by atoms with van der Waals surface area (Å²) in [6, 6.07) is 4.47. The highest BCUT2D eigenvalue weighted by molar-refractivity contribution is 6.30. The molecular weight excluding hydrogens is 270 g/mol. The van der Waals surface area contributed by atoms with Crippen LogP contribution in [0.2, 0.25) is 5.02 Å². The molecule has 0 amide bonds. The van der Waals surface area contributed by atoms with Gasteiger partial charge in [-0.15, -0.1) is 0 Å². The molecule has 2 aromatic rings. The minimum absolute atomic E-state index is 0.0421. The molecule has 19 heavy (non-hydrogen) atoms. The van der Waals surface area contributed by atoms with Crippen molar-refractivity contribution in [2.75, 3.05) is 0 Å². The zero-order valence-corrected chi connectivity index (χ0v) is 11.0. The number of halogens is 1. The predicted molar refractivity (Wildman–Crippen MR) is 69.9 cm³/mol. The van der Waals surface area contributed by atoms with Crippen LogP contribution in [0.15, 0.2) is 28.8 Å². The average Bonchev–Trinajstić information content (AvgIpc) is 2.75. The Kier molecular flexibility index (Phi) is 4.13. The molecule has 2 rings (SSSR count). The Morgan fingerprint density at radius 3 is 2.89 bits per heavy atom. The summed E-state index contributed by atoms with van der Waals surface area (Å²) < 4.78 is 5.29. The van der Waals surface area contributed by atoms with E-state index < -0.39 is 4.92 Å². The summed E-state index contributed by atoms with van der Waals surface area (Å²) in [5.74, 6) is 1.27. The van der Waals surface area contributed by atoms with Gasteiger partial charge in [-0.2, -0.15) is 0 Å². The van der Waals surface area contributed by atoms with Gasteiger partial charge in [0.15, 0.2) is 0 Å². The Bertz CT molecular complexity index is 598. The molecule has 0 fully saturated rings. The minimum Gasteiger partial charge on any atom is -0.445 e. The highest BCUT2D eigenvalue weighted by atomic mass is 35.5. The van der Waals surface area contributed by atoms with E-state index in [2.05, 4.69) is 10.3 Å². The number of hydrogen-bond donors (Lipinski definition) is 1. The topological polar surface area (TPSA) is 81.2 Å². The number of aromatic nitrogens is 1. The van der Waals surface area contributed by atoms with E-state index in [1.54, 1.807) is 19.2 Å².